The molecule has 104 valence electrons. The summed E-state index contributed by atoms with van der Waals surface area (Å²) in [6, 6.07) is 5.91. The summed E-state index contributed by atoms with van der Waals surface area (Å²) in [4.78, 5) is 4.14. The van der Waals surface area contributed by atoms with Gasteiger partial charge in [-0.05, 0) is 18.2 Å². The average Bonchev–Trinajstić information content (AvgIpc) is 2.59. The Hall–Kier alpha value is -0.913. The molecule has 0 aliphatic carbocycles. The lowest BCUT2D eigenvalue weighted by molar-refractivity contribution is 0.0823. The molecule has 2 aromatic rings. The molecular formula is C13H18ClFN2OSi. The topological polar surface area (TPSA) is 27.1 Å². The molecule has 2 aromatic heterocycles. The zero-order valence-electron chi connectivity index (χ0n) is 11.4. The number of hydrogen-bond donors (Lipinski definition) is 0. The largest absolute Gasteiger partial charge is 0.361 e. The summed E-state index contributed by atoms with van der Waals surface area (Å²) in [5.41, 5.74) is 0.526. The van der Waals surface area contributed by atoms with Crippen molar-refractivity contribution in [1.82, 2.24) is 9.55 Å². The molecule has 0 unspecified atom stereocenters. The van der Waals surface area contributed by atoms with Crippen LogP contribution in [-0.2, 0) is 11.5 Å². The molecule has 0 N–H and O–H groups in total. The Morgan fingerprint density at radius 2 is 2.11 bits per heavy atom. The van der Waals surface area contributed by atoms with E-state index in [4.69, 9.17) is 16.3 Å². The number of hydrogen-bond acceptors (Lipinski definition) is 2. The number of ether oxygens (including phenoxy) is 1. The minimum Gasteiger partial charge on any atom is -0.361 e. The molecule has 0 saturated carbocycles. The van der Waals surface area contributed by atoms with E-state index in [0.29, 0.717) is 17.4 Å². The third-order valence-corrected chi connectivity index (χ3v) is 4.79. The third kappa shape index (κ3) is 3.78. The zero-order chi connectivity index (χ0) is 14.0. The summed E-state index contributed by atoms with van der Waals surface area (Å²) in [6.45, 7) is 7.67. The summed E-state index contributed by atoms with van der Waals surface area (Å²) in [5.74, 6) is -0.349. The molecular weight excluding hydrogens is 283 g/mol. The highest BCUT2D eigenvalue weighted by molar-refractivity contribution is 6.76. The van der Waals surface area contributed by atoms with Crippen molar-refractivity contribution in [3.63, 3.8) is 0 Å². The quantitative estimate of drug-likeness (QED) is 0.471. The van der Waals surface area contributed by atoms with Gasteiger partial charge in [-0.25, -0.2) is 4.98 Å². The van der Waals surface area contributed by atoms with Crippen molar-refractivity contribution in [1.29, 1.82) is 0 Å². The second kappa shape index (κ2) is 5.61. The number of nitrogens with zero attached hydrogens (tertiary/aromatic N) is 2. The van der Waals surface area contributed by atoms with Gasteiger partial charge in [0.25, 0.3) is 0 Å². The molecule has 0 saturated heterocycles. The minimum absolute atomic E-state index is 0.174. The maximum absolute atomic E-state index is 13.8. The number of fused-ring (bicyclic) bond motifs is 1. The lowest BCUT2D eigenvalue weighted by Crippen LogP contribution is -2.22. The van der Waals surface area contributed by atoms with Crippen LogP contribution in [0, 0.1) is 5.95 Å². The zero-order valence-corrected chi connectivity index (χ0v) is 13.2. The standard InChI is InChI=1S/C13H18ClFN2OSi/c1-19(2,3)7-6-18-9-17-12(15)8-10-4-5-11(14)16-13(10)17/h4-5,8H,6-7,9H2,1-3H3. The van der Waals surface area contributed by atoms with Crippen LogP contribution >= 0.6 is 11.6 Å². The first-order valence-electron chi connectivity index (χ1n) is 6.26. The Balaban J connectivity index is 2.08. The highest BCUT2D eigenvalue weighted by atomic mass is 35.5. The van der Waals surface area contributed by atoms with Crippen LogP contribution in [0.3, 0.4) is 0 Å². The van der Waals surface area contributed by atoms with Crippen molar-refractivity contribution in [3.05, 3.63) is 29.3 Å². The Morgan fingerprint density at radius 1 is 1.37 bits per heavy atom. The lowest BCUT2D eigenvalue weighted by atomic mass is 10.3. The Bertz CT molecular complexity index is 580. The van der Waals surface area contributed by atoms with Crippen LogP contribution in [0.15, 0.2) is 18.2 Å². The third-order valence-electron chi connectivity index (χ3n) is 2.88. The van der Waals surface area contributed by atoms with Crippen LogP contribution < -0.4 is 0 Å². The van der Waals surface area contributed by atoms with Gasteiger partial charge in [-0.1, -0.05) is 31.2 Å². The molecule has 0 aromatic carbocycles. The first kappa shape index (κ1) is 14.5. The SMILES string of the molecule is C[Si](C)(C)CCOCn1c(F)cc2ccc(Cl)nc21. The average molecular weight is 301 g/mol. The van der Waals surface area contributed by atoms with Gasteiger partial charge in [0, 0.05) is 26.1 Å². The summed E-state index contributed by atoms with van der Waals surface area (Å²) in [7, 11) is -1.12. The smallest absolute Gasteiger partial charge is 0.197 e. The molecule has 3 nitrogen and oxygen atoms in total. The predicted octanol–water partition coefficient (Wildman–Crippen LogP) is 4.14. The van der Waals surface area contributed by atoms with E-state index in [0.717, 1.165) is 11.4 Å². The molecule has 0 bridgehead atoms. The monoisotopic (exact) mass is 300 g/mol. The van der Waals surface area contributed by atoms with Crippen LogP contribution in [0.25, 0.3) is 11.0 Å². The molecule has 0 spiro atoms. The molecule has 0 fully saturated rings. The van der Waals surface area contributed by atoms with Crippen molar-refractivity contribution in [2.24, 2.45) is 0 Å². The maximum Gasteiger partial charge on any atom is 0.197 e. The fourth-order valence-corrected chi connectivity index (χ4v) is 2.63. The van der Waals surface area contributed by atoms with Gasteiger partial charge in [0.05, 0.1) is 0 Å². The Morgan fingerprint density at radius 3 is 2.79 bits per heavy atom. The van der Waals surface area contributed by atoms with Crippen LogP contribution in [0.5, 0.6) is 0 Å². The number of halogens is 2. The fourth-order valence-electron chi connectivity index (χ4n) is 1.73. The molecule has 0 amide bonds. The van der Waals surface area contributed by atoms with Gasteiger partial charge in [0.15, 0.2) is 5.95 Å². The number of rotatable bonds is 5. The molecule has 0 aliphatic heterocycles. The minimum atomic E-state index is -1.12. The summed E-state index contributed by atoms with van der Waals surface area (Å²) in [5, 5.41) is 1.09. The maximum atomic E-state index is 13.8. The van der Waals surface area contributed by atoms with Gasteiger partial charge in [0.2, 0.25) is 0 Å². The van der Waals surface area contributed by atoms with Crippen molar-refractivity contribution < 1.29 is 9.13 Å². The van der Waals surface area contributed by atoms with E-state index in [1.807, 2.05) is 0 Å². The van der Waals surface area contributed by atoms with Crippen LogP contribution in [0.1, 0.15) is 0 Å². The summed E-state index contributed by atoms with van der Waals surface area (Å²) in [6.07, 6.45) is 0. The Kier molecular flexibility index (Phi) is 4.28. The summed E-state index contributed by atoms with van der Waals surface area (Å²) >= 11 is 5.84. The van der Waals surface area contributed by atoms with Crippen LogP contribution in [-0.4, -0.2) is 24.2 Å². The van der Waals surface area contributed by atoms with Crippen LogP contribution in [0.2, 0.25) is 30.8 Å². The predicted molar refractivity (Wildman–Crippen MR) is 78.8 cm³/mol. The van der Waals surface area contributed by atoms with Gasteiger partial charge in [-0.3, -0.25) is 4.57 Å². The molecule has 0 aliphatic rings. The number of aromatic nitrogens is 2. The highest BCUT2D eigenvalue weighted by Crippen LogP contribution is 2.19. The highest BCUT2D eigenvalue weighted by Gasteiger charge is 2.13. The molecule has 0 radical (unpaired) electrons. The molecule has 0 atom stereocenters. The van der Waals surface area contributed by atoms with E-state index >= 15 is 0 Å². The molecule has 2 rings (SSSR count). The fraction of sp³-hybridized carbons (Fsp3) is 0.462. The lowest BCUT2D eigenvalue weighted by Gasteiger charge is -2.15. The second-order valence-electron chi connectivity index (χ2n) is 5.79. The van der Waals surface area contributed by atoms with Gasteiger partial charge in [-0.15, -0.1) is 0 Å². The van der Waals surface area contributed by atoms with Gasteiger partial charge in [0.1, 0.15) is 17.5 Å². The first-order chi connectivity index (χ1) is 8.87. The second-order valence-corrected chi connectivity index (χ2v) is 11.8. The van der Waals surface area contributed by atoms with Gasteiger partial charge >= 0.3 is 0 Å². The molecule has 19 heavy (non-hydrogen) atoms. The molecule has 6 heteroatoms. The molecule has 2 heterocycles. The van der Waals surface area contributed by atoms with E-state index in [-0.39, 0.29) is 12.7 Å². The first-order valence-corrected chi connectivity index (χ1v) is 10.3. The van der Waals surface area contributed by atoms with Gasteiger partial charge in [-0.2, -0.15) is 4.39 Å². The van der Waals surface area contributed by atoms with Crippen molar-refractivity contribution >= 4 is 30.7 Å². The van der Waals surface area contributed by atoms with Crippen molar-refractivity contribution in [2.45, 2.75) is 32.4 Å². The van der Waals surface area contributed by atoms with Crippen LogP contribution in [0.4, 0.5) is 4.39 Å². The van der Waals surface area contributed by atoms with E-state index in [9.17, 15) is 4.39 Å². The normalized spacial score (nSPS) is 12.3. The van der Waals surface area contributed by atoms with Crippen molar-refractivity contribution in [3.8, 4) is 0 Å². The van der Waals surface area contributed by atoms with Gasteiger partial charge < -0.3 is 4.74 Å². The Labute approximate surface area is 118 Å². The van der Waals surface area contributed by atoms with E-state index in [1.54, 1.807) is 12.1 Å². The van der Waals surface area contributed by atoms with Crippen molar-refractivity contribution in [2.75, 3.05) is 6.61 Å². The van der Waals surface area contributed by atoms with E-state index in [2.05, 4.69) is 24.6 Å². The van der Waals surface area contributed by atoms with E-state index < -0.39 is 8.07 Å². The summed E-state index contributed by atoms with van der Waals surface area (Å²) < 4.78 is 20.8. The van der Waals surface area contributed by atoms with E-state index in [1.165, 1.54) is 10.6 Å². The number of pyridine rings is 1.